The molecule has 0 saturated carbocycles. The van der Waals surface area contributed by atoms with Crippen molar-refractivity contribution in [1.29, 1.82) is 0 Å². The van der Waals surface area contributed by atoms with E-state index < -0.39 is 0 Å². The standard InChI is InChI=1S/C14H21ClFN/c1-3-5-12(17-2)7-4-6-11-8-9-13(15)14(16)10-11/h8-10,12,17H,3-7H2,1-2H3. The number of rotatable bonds is 7. The van der Waals surface area contributed by atoms with Crippen molar-refractivity contribution in [3.63, 3.8) is 0 Å². The average Bonchev–Trinajstić information content (AvgIpc) is 2.32. The smallest absolute Gasteiger partial charge is 0.142 e. The summed E-state index contributed by atoms with van der Waals surface area (Å²) in [5, 5.41) is 3.52. The first-order chi connectivity index (χ1) is 8.17. The summed E-state index contributed by atoms with van der Waals surface area (Å²) in [6, 6.07) is 5.65. The van der Waals surface area contributed by atoms with E-state index in [4.69, 9.17) is 11.6 Å². The highest BCUT2D eigenvalue weighted by Gasteiger charge is 2.05. The van der Waals surface area contributed by atoms with Crippen LogP contribution in [0.5, 0.6) is 0 Å². The fourth-order valence-corrected chi connectivity index (χ4v) is 2.15. The van der Waals surface area contributed by atoms with Crippen LogP contribution in [-0.2, 0) is 6.42 Å². The van der Waals surface area contributed by atoms with Gasteiger partial charge in [0.05, 0.1) is 5.02 Å². The third kappa shape index (κ3) is 5.05. The maximum atomic E-state index is 13.2. The molecule has 0 radical (unpaired) electrons. The molecule has 1 aromatic rings. The maximum Gasteiger partial charge on any atom is 0.142 e. The second kappa shape index (κ2) is 7.67. The van der Waals surface area contributed by atoms with Gasteiger partial charge in [0.25, 0.3) is 0 Å². The van der Waals surface area contributed by atoms with Crippen LogP contribution in [0.2, 0.25) is 5.02 Å². The van der Waals surface area contributed by atoms with Crippen LogP contribution in [0, 0.1) is 5.82 Å². The van der Waals surface area contributed by atoms with Crippen molar-refractivity contribution < 1.29 is 4.39 Å². The van der Waals surface area contributed by atoms with Crippen LogP contribution >= 0.6 is 11.6 Å². The van der Waals surface area contributed by atoms with Crippen LogP contribution in [0.4, 0.5) is 4.39 Å². The Kier molecular flexibility index (Phi) is 6.53. The van der Waals surface area contributed by atoms with E-state index in [2.05, 4.69) is 12.2 Å². The van der Waals surface area contributed by atoms with Gasteiger partial charge in [0.1, 0.15) is 5.82 Å². The molecule has 17 heavy (non-hydrogen) atoms. The van der Waals surface area contributed by atoms with E-state index in [1.165, 1.54) is 18.9 Å². The molecule has 96 valence electrons. The van der Waals surface area contributed by atoms with Gasteiger partial charge in [-0.25, -0.2) is 4.39 Å². The molecule has 0 spiro atoms. The van der Waals surface area contributed by atoms with Crippen molar-refractivity contribution in [3.8, 4) is 0 Å². The fourth-order valence-electron chi connectivity index (χ4n) is 2.03. The van der Waals surface area contributed by atoms with E-state index in [1.54, 1.807) is 6.07 Å². The summed E-state index contributed by atoms with van der Waals surface area (Å²) in [4.78, 5) is 0. The minimum atomic E-state index is -0.317. The fraction of sp³-hybridized carbons (Fsp3) is 0.571. The highest BCUT2D eigenvalue weighted by Crippen LogP contribution is 2.17. The van der Waals surface area contributed by atoms with E-state index >= 15 is 0 Å². The van der Waals surface area contributed by atoms with Crippen molar-refractivity contribution >= 4 is 11.6 Å². The molecule has 1 nitrogen and oxygen atoms in total. The molecule has 1 atom stereocenters. The zero-order chi connectivity index (χ0) is 12.7. The summed E-state index contributed by atoms with van der Waals surface area (Å²) in [5.74, 6) is -0.317. The van der Waals surface area contributed by atoms with Crippen LogP contribution in [0.25, 0.3) is 0 Å². The zero-order valence-corrected chi connectivity index (χ0v) is 11.4. The van der Waals surface area contributed by atoms with Gasteiger partial charge in [0.15, 0.2) is 0 Å². The summed E-state index contributed by atoms with van der Waals surface area (Å²) in [6.07, 6.45) is 5.52. The lowest BCUT2D eigenvalue weighted by Crippen LogP contribution is -2.24. The number of hydrogen-bond acceptors (Lipinski definition) is 1. The van der Waals surface area contributed by atoms with E-state index in [0.717, 1.165) is 24.8 Å². The van der Waals surface area contributed by atoms with Crippen molar-refractivity contribution in [2.75, 3.05) is 7.05 Å². The Balaban J connectivity index is 2.37. The lowest BCUT2D eigenvalue weighted by atomic mass is 10.0. The molecule has 0 amide bonds. The number of aryl methyl sites for hydroxylation is 1. The summed E-state index contributed by atoms with van der Waals surface area (Å²) in [7, 11) is 2.00. The van der Waals surface area contributed by atoms with E-state index in [9.17, 15) is 4.39 Å². The van der Waals surface area contributed by atoms with E-state index in [1.807, 2.05) is 13.1 Å². The third-order valence-electron chi connectivity index (χ3n) is 3.05. The van der Waals surface area contributed by atoms with Crippen LogP contribution in [-0.4, -0.2) is 13.1 Å². The highest BCUT2D eigenvalue weighted by atomic mass is 35.5. The molecule has 0 aliphatic heterocycles. The molecule has 1 unspecified atom stereocenters. The van der Waals surface area contributed by atoms with Crippen LogP contribution in [0.3, 0.4) is 0 Å². The Hall–Kier alpha value is -0.600. The molecular weight excluding hydrogens is 237 g/mol. The number of hydrogen-bond donors (Lipinski definition) is 1. The summed E-state index contributed by atoms with van der Waals surface area (Å²) < 4.78 is 13.2. The highest BCUT2D eigenvalue weighted by molar-refractivity contribution is 6.30. The average molecular weight is 258 g/mol. The Labute approximate surface area is 108 Å². The SMILES string of the molecule is CCCC(CCCc1ccc(Cl)c(F)c1)NC. The van der Waals surface area contributed by atoms with Gasteiger partial charge in [-0.1, -0.05) is 31.0 Å². The predicted octanol–water partition coefficient (Wildman–Crippen LogP) is 4.19. The summed E-state index contributed by atoms with van der Waals surface area (Å²) in [5.41, 5.74) is 1.03. The molecule has 0 aromatic heterocycles. The molecule has 0 saturated heterocycles. The molecule has 0 aliphatic carbocycles. The molecule has 0 aliphatic rings. The van der Waals surface area contributed by atoms with Gasteiger partial charge in [-0.2, -0.15) is 0 Å². The zero-order valence-electron chi connectivity index (χ0n) is 10.6. The first-order valence-corrected chi connectivity index (χ1v) is 6.66. The van der Waals surface area contributed by atoms with Gasteiger partial charge >= 0.3 is 0 Å². The van der Waals surface area contributed by atoms with Gasteiger partial charge < -0.3 is 5.32 Å². The van der Waals surface area contributed by atoms with Crippen molar-refractivity contribution in [3.05, 3.63) is 34.6 Å². The predicted molar refractivity (Wildman–Crippen MR) is 72.1 cm³/mol. The molecule has 3 heteroatoms. The van der Waals surface area contributed by atoms with Crippen molar-refractivity contribution in [2.45, 2.75) is 45.1 Å². The first kappa shape index (κ1) is 14.5. The lowest BCUT2D eigenvalue weighted by Gasteiger charge is -2.14. The minimum absolute atomic E-state index is 0.202. The molecule has 0 fully saturated rings. The Morgan fingerprint density at radius 3 is 2.71 bits per heavy atom. The van der Waals surface area contributed by atoms with Gasteiger partial charge in [-0.05, 0) is 50.4 Å². The maximum absolute atomic E-state index is 13.2. The number of halogens is 2. The van der Waals surface area contributed by atoms with Crippen molar-refractivity contribution in [2.24, 2.45) is 0 Å². The van der Waals surface area contributed by atoms with Gasteiger partial charge in [0.2, 0.25) is 0 Å². The summed E-state index contributed by atoms with van der Waals surface area (Å²) in [6.45, 7) is 2.19. The first-order valence-electron chi connectivity index (χ1n) is 6.28. The lowest BCUT2D eigenvalue weighted by molar-refractivity contribution is 0.469. The molecule has 1 N–H and O–H groups in total. The monoisotopic (exact) mass is 257 g/mol. The van der Waals surface area contributed by atoms with Crippen molar-refractivity contribution in [1.82, 2.24) is 5.32 Å². The number of benzene rings is 1. The Morgan fingerprint density at radius 2 is 2.12 bits per heavy atom. The van der Waals surface area contributed by atoms with Gasteiger partial charge in [0, 0.05) is 6.04 Å². The quantitative estimate of drug-likeness (QED) is 0.772. The summed E-state index contributed by atoms with van der Waals surface area (Å²) >= 11 is 5.64. The van der Waals surface area contributed by atoms with Crippen LogP contribution in [0.15, 0.2) is 18.2 Å². The minimum Gasteiger partial charge on any atom is -0.317 e. The van der Waals surface area contributed by atoms with Crippen LogP contribution in [0.1, 0.15) is 38.2 Å². The van der Waals surface area contributed by atoms with E-state index in [-0.39, 0.29) is 10.8 Å². The Bertz CT molecular complexity index is 341. The van der Waals surface area contributed by atoms with Gasteiger partial charge in [-0.3, -0.25) is 0 Å². The molecule has 0 bridgehead atoms. The largest absolute Gasteiger partial charge is 0.317 e. The normalized spacial score (nSPS) is 12.7. The topological polar surface area (TPSA) is 12.0 Å². The number of nitrogens with one attached hydrogen (secondary N) is 1. The molecule has 1 rings (SSSR count). The van der Waals surface area contributed by atoms with E-state index in [0.29, 0.717) is 6.04 Å². The third-order valence-corrected chi connectivity index (χ3v) is 3.35. The molecule has 1 aromatic carbocycles. The molecule has 0 heterocycles. The second-order valence-electron chi connectivity index (χ2n) is 4.41. The Morgan fingerprint density at radius 1 is 1.35 bits per heavy atom. The van der Waals surface area contributed by atoms with Crippen LogP contribution < -0.4 is 5.32 Å². The molecular formula is C14H21ClFN. The second-order valence-corrected chi connectivity index (χ2v) is 4.82. The van der Waals surface area contributed by atoms with Gasteiger partial charge in [-0.15, -0.1) is 0 Å².